The zero-order valence-corrected chi connectivity index (χ0v) is 12.4. The summed E-state index contributed by atoms with van der Waals surface area (Å²) in [5, 5.41) is 3.00. The SMILES string of the molecule is CC(C)(C)OC(=O)n1[nH]c(=O)c2c(I)cccc21. The van der Waals surface area contributed by atoms with Crippen LogP contribution in [0.3, 0.4) is 0 Å². The molecule has 1 aromatic carbocycles. The first-order valence-electron chi connectivity index (χ1n) is 5.42. The number of aromatic nitrogens is 2. The topological polar surface area (TPSA) is 64.1 Å². The van der Waals surface area contributed by atoms with Crippen LogP contribution in [0.5, 0.6) is 0 Å². The Hall–Kier alpha value is -1.31. The fourth-order valence-corrected chi connectivity index (χ4v) is 2.32. The zero-order chi connectivity index (χ0) is 13.5. The van der Waals surface area contributed by atoms with Gasteiger partial charge in [-0.05, 0) is 55.5 Å². The highest BCUT2D eigenvalue weighted by molar-refractivity contribution is 14.1. The molecule has 6 heteroatoms. The summed E-state index contributed by atoms with van der Waals surface area (Å²) in [6, 6.07) is 5.31. The number of halogens is 1. The van der Waals surface area contributed by atoms with Crippen molar-refractivity contribution in [2.24, 2.45) is 0 Å². The van der Waals surface area contributed by atoms with E-state index < -0.39 is 11.7 Å². The van der Waals surface area contributed by atoms with E-state index in [4.69, 9.17) is 4.74 Å². The lowest BCUT2D eigenvalue weighted by molar-refractivity contribution is 0.0522. The second kappa shape index (κ2) is 4.42. The predicted molar refractivity (Wildman–Crippen MR) is 76.9 cm³/mol. The molecule has 0 radical (unpaired) electrons. The molecule has 0 amide bonds. The number of H-pyrrole nitrogens is 1. The average Bonchev–Trinajstić information content (AvgIpc) is 2.55. The first-order chi connectivity index (χ1) is 8.29. The molecule has 2 rings (SSSR count). The van der Waals surface area contributed by atoms with Gasteiger partial charge in [0.15, 0.2) is 0 Å². The number of rotatable bonds is 0. The van der Waals surface area contributed by atoms with E-state index in [1.165, 1.54) is 0 Å². The second-order valence-electron chi connectivity index (χ2n) is 4.89. The van der Waals surface area contributed by atoms with Crippen molar-refractivity contribution in [2.75, 3.05) is 0 Å². The number of nitrogens with one attached hydrogen (secondary N) is 1. The summed E-state index contributed by atoms with van der Waals surface area (Å²) >= 11 is 2.06. The van der Waals surface area contributed by atoms with E-state index in [2.05, 4.69) is 27.7 Å². The van der Waals surface area contributed by atoms with Gasteiger partial charge in [-0.15, -0.1) is 0 Å². The lowest BCUT2D eigenvalue weighted by Crippen LogP contribution is -2.28. The molecule has 0 aliphatic carbocycles. The Morgan fingerprint density at radius 1 is 1.39 bits per heavy atom. The molecule has 0 saturated carbocycles. The third-order valence-corrected chi connectivity index (χ3v) is 3.15. The van der Waals surface area contributed by atoms with Crippen molar-refractivity contribution in [3.63, 3.8) is 0 Å². The molecular weight excluding hydrogens is 347 g/mol. The molecule has 0 saturated heterocycles. The van der Waals surface area contributed by atoms with Gasteiger partial charge in [0, 0.05) is 3.57 Å². The molecular formula is C12H13IN2O3. The fourth-order valence-electron chi connectivity index (χ4n) is 1.59. The number of nitrogens with zero attached hydrogens (tertiary/aromatic N) is 1. The van der Waals surface area contributed by atoms with Crippen LogP contribution in [-0.2, 0) is 4.74 Å². The summed E-state index contributed by atoms with van der Waals surface area (Å²) < 4.78 is 7.18. The molecule has 96 valence electrons. The van der Waals surface area contributed by atoms with Gasteiger partial charge in [0.25, 0.3) is 5.56 Å². The van der Waals surface area contributed by atoms with Crippen LogP contribution in [-0.4, -0.2) is 21.5 Å². The van der Waals surface area contributed by atoms with Gasteiger partial charge in [0.2, 0.25) is 0 Å². The summed E-state index contributed by atoms with van der Waals surface area (Å²) in [7, 11) is 0. The van der Waals surface area contributed by atoms with Crippen LogP contribution in [0, 0.1) is 3.57 Å². The van der Waals surface area contributed by atoms with E-state index in [1.807, 2.05) is 6.07 Å². The molecule has 1 N–H and O–H groups in total. The highest BCUT2D eigenvalue weighted by Gasteiger charge is 2.21. The molecule has 0 atom stereocenters. The van der Waals surface area contributed by atoms with Crippen LogP contribution >= 0.6 is 22.6 Å². The molecule has 1 aromatic heterocycles. The van der Waals surface area contributed by atoms with Gasteiger partial charge in [0.1, 0.15) is 5.60 Å². The second-order valence-corrected chi connectivity index (χ2v) is 6.05. The molecule has 0 aliphatic rings. The van der Waals surface area contributed by atoms with Crippen molar-refractivity contribution in [3.05, 3.63) is 32.1 Å². The van der Waals surface area contributed by atoms with Crippen molar-refractivity contribution in [1.29, 1.82) is 0 Å². The molecule has 0 aliphatic heterocycles. The maximum atomic E-state index is 12.0. The van der Waals surface area contributed by atoms with Gasteiger partial charge in [-0.1, -0.05) is 6.07 Å². The standard InChI is InChI=1S/C12H13IN2O3/c1-12(2,3)18-11(17)15-8-6-4-5-7(13)9(8)10(16)14-15/h4-6H,1-3H3,(H,14,16). The number of benzene rings is 1. The Labute approximate surface area is 117 Å². The molecule has 0 bridgehead atoms. The summed E-state index contributed by atoms with van der Waals surface area (Å²) in [5.74, 6) is 0. The Bertz CT molecular complexity index is 664. The molecule has 0 unspecified atom stereocenters. The summed E-state index contributed by atoms with van der Waals surface area (Å²) in [5.41, 5.74) is -0.367. The van der Waals surface area contributed by atoms with Crippen LogP contribution in [0.2, 0.25) is 0 Å². The number of hydrogen-bond acceptors (Lipinski definition) is 3. The minimum absolute atomic E-state index is 0.291. The van der Waals surface area contributed by atoms with E-state index in [0.717, 1.165) is 8.25 Å². The molecule has 2 aromatic rings. The zero-order valence-electron chi connectivity index (χ0n) is 10.3. The van der Waals surface area contributed by atoms with Crippen molar-refractivity contribution < 1.29 is 9.53 Å². The Kier molecular flexibility index (Phi) is 3.22. The molecule has 1 heterocycles. The van der Waals surface area contributed by atoms with Crippen molar-refractivity contribution in [3.8, 4) is 0 Å². The van der Waals surface area contributed by atoms with Gasteiger partial charge >= 0.3 is 6.09 Å². The predicted octanol–water partition coefficient (Wildman–Crippen LogP) is 2.72. The number of carbonyl (C=O) groups excluding carboxylic acids is 1. The smallest absolute Gasteiger partial charge is 0.434 e. The summed E-state index contributed by atoms with van der Waals surface area (Å²) in [4.78, 5) is 23.8. The maximum Gasteiger partial charge on any atom is 0.434 e. The van der Waals surface area contributed by atoms with Crippen molar-refractivity contribution in [2.45, 2.75) is 26.4 Å². The monoisotopic (exact) mass is 360 g/mol. The number of fused-ring (bicyclic) bond motifs is 1. The van der Waals surface area contributed by atoms with Gasteiger partial charge in [-0.25, -0.2) is 4.79 Å². The Morgan fingerprint density at radius 3 is 2.67 bits per heavy atom. The number of carbonyl (C=O) groups is 1. The molecule has 5 nitrogen and oxygen atoms in total. The largest absolute Gasteiger partial charge is 0.442 e. The Balaban J connectivity index is 2.57. The van der Waals surface area contributed by atoms with E-state index in [9.17, 15) is 9.59 Å². The highest BCUT2D eigenvalue weighted by atomic mass is 127. The summed E-state index contributed by atoms with van der Waals surface area (Å²) in [6.07, 6.45) is -0.586. The molecule has 0 spiro atoms. The van der Waals surface area contributed by atoms with Crippen LogP contribution in [0.15, 0.2) is 23.0 Å². The third-order valence-electron chi connectivity index (χ3n) is 2.25. The minimum atomic E-state index is -0.605. The minimum Gasteiger partial charge on any atom is -0.442 e. The number of hydrogen-bond donors (Lipinski definition) is 1. The number of ether oxygens (including phenoxy) is 1. The van der Waals surface area contributed by atoms with Gasteiger partial charge in [-0.3, -0.25) is 9.89 Å². The van der Waals surface area contributed by atoms with Crippen LogP contribution in [0.25, 0.3) is 10.9 Å². The molecule has 0 fully saturated rings. The van der Waals surface area contributed by atoms with E-state index in [0.29, 0.717) is 10.9 Å². The van der Waals surface area contributed by atoms with Gasteiger partial charge < -0.3 is 4.74 Å². The van der Waals surface area contributed by atoms with E-state index >= 15 is 0 Å². The fraction of sp³-hybridized carbons (Fsp3) is 0.333. The lowest BCUT2D eigenvalue weighted by atomic mass is 10.2. The first-order valence-corrected chi connectivity index (χ1v) is 6.50. The lowest BCUT2D eigenvalue weighted by Gasteiger charge is -2.19. The quantitative estimate of drug-likeness (QED) is 0.735. The van der Waals surface area contributed by atoms with Crippen molar-refractivity contribution in [1.82, 2.24) is 9.78 Å². The number of aromatic amines is 1. The summed E-state index contributed by atoms with van der Waals surface area (Å²) in [6.45, 7) is 5.33. The van der Waals surface area contributed by atoms with Gasteiger partial charge in [-0.2, -0.15) is 4.68 Å². The van der Waals surface area contributed by atoms with Crippen molar-refractivity contribution >= 4 is 39.6 Å². The average molecular weight is 360 g/mol. The third kappa shape index (κ3) is 2.43. The van der Waals surface area contributed by atoms with E-state index in [-0.39, 0.29) is 5.56 Å². The van der Waals surface area contributed by atoms with Gasteiger partial charge in [0.05, 0.1) is 10.9 Å². The van der Waals surface area contributed by atoms with Crippen LogP contribution in [0.4, 0.5) is 4.79 Å². The normalized spacial score (nSPS) is 11.8. The highest BCUT2D eigenvalue weighted by Crippen LogP contribution is 2.18. The van der Waals surface area contributed by atoms with E-state index in [1.54, 1.807) is 32.9 Å². The molecule has 18 heavy (non-hydrogen) atoms. The maximum absolute atomic E-state index is 12.0. The van der Waals surface area contributed by atoms with Crippen LogP contribution < -0.4 is 5.56 Å². The van der Waals surface area contributed by atoms with Crippen LogP contribution in [0.1, 0.15) is 20.8 Å². The first kappa shape index (κ1) is 13.1. The Morgan fingerprint density at radius 2 is 2.06 bits per heavy atom.